The van der Waals surface area contributed by atoms with Crippen LogP contribution in [0.1, 0.15) is 44.4 Å². The van der Waals surface area contributed by atoms with E-state index in [0.29, 0.717) is 25.6 Å². The highest BCUT2D eigenvalue weighted by Gasteiger charge is 2.25. The molecule has 0 aliphatic carbocycles. The van der Waals surface area contributed by atoms with E-state index in [1.165, 1.54) is 0 Å². The Morgan fingerprint density at radius 1 is 1.00 bits per heavy atom. The van der Waals surface area contributed by atoms with E-state index in [2.05, 4.69) is 25.7 Å². The largest absolute Gasteiger partial charge is 0.497 e. The number of rotatable bonds is 13. The fourth-order valence-corrected chi connectivity index (χ4v) is 3.98. The molecular weight excluding hydrogens is 430 g/mol. The van der Waals surface area contributed by atoms with Crippen LogP contribution in [0.15, 0.2) is 54.6 Å². The number of aliphatic hydroxyl groups is 1. The lowest BCUT2D eigenvalue weighted by Gasteiger charge is -2.25. The predicted molar refractivity (Wildman–Crippen MR) is 134 cm³/mol. The number of hydrogen-bond donors (Lipinski definition) is 1. The van der Waals surface area contributed by atoms with Crippen LogP contribution in [0.5, 0.6) is 17.4 Å². The first-order valence-electron chi connectivity index (χ1n) is 11.8. The Morgan fingerprint density at radius 3 is 2.29 bits per heavy atom. The first-order chi connectivity index (χ1) is 16.5. The minimum absolute atomic E-state index is 0.194. The van der Waals surface area contributed by atoms with Gasteiger partial charge in [0.15, 0.2) is 0 Å². The molecule has 0 aliphatic rings. The highest BCUT2D eigenvalue weighted by Crippen LogP contribution is 2.35. The number of para-hydroxylation sites is 1. The van der Waals surface area contributed by atoms with Crippen molar-refractivity contribution < 1.29 is 19.3 Å². The van der Waals surface area contributed by atoms with Gasteiger partial charge in [-0.15, -0.1) is 0 Å². The molecule has 1 N–H and O–H groups in total. The smallest absolute Gasteiger partial charge is 0.227 e. The standard InChI is InChI=1S/C27H37N3O4/c1-6-16-29(17-22(31)19-32-4)18-25-26(20(2)3)28-30(21-12-14-23(33-5)15-13-21)27(25)34-24-10-8-7-9-11-24/h7-15,20,22,31H,6,16-19H2,1-5H3/t22-/m1/s1. The molecule has 0 saturated carbocycles. The van der Waals surface area contributed by atoms with E-state index in [-0.39, 0.29) is 5.92 Å². The average molecular weight is 468 g/mol. The Hall–Kier alpha value is -2.87. The first-order valence-corrected chi connectivity index (χ1v) is 11.8. The second-order valence-corrected chi connectivity index (χ2v) is 8.69. The number of aliphatic hydroxyl groups excluding tert-OH is 1. The quantitative estimate of drug-likeness (QED) is 0.381. The van der Waals surface area contributed by atoms with Crippen LogP contribution in [-0.2, 0) is 11.3 Å². The third-order valence-electron chi connectivity index (χ3n) is 5.54. The molecule has 0 amide bonds. The van der Waals surface area contributed by atoms with Gasteiger partial charge in [0.05, 0.1) is 36.8 Å². The normalized spacial score (nSPS) is 12.4. The number of nitrogens with zero attached hydrogens (tertiary/aromatic N) is 3. The van der Waals surface area contributed by atoms with Gasteiger partial charge in [-0.3, -0.25) is 4.90 Å². The maximum Gasteiger partial charge on any atom is 0.227 e. The van der Waals surface area contributed by atoms with E-state index < -0.39 is 6.10 Å². The van der Waals surface area contributed by atoms with Crippen LogP contribution in [0.25, 0.3) is 5.69 Å². The average Bonchev–Trinajstić information content (AvgIpc) is 3.18. The Morgan fingerprint density at radius 2 is 1.71 bits per heavy atom. The molecule has 3 rings (SSSR count). The van der Waals surface area contributed by atoms with Crippen LogP contribution in [0, 0.1) is 0 Å². The summed E-state index contributed by atoms with van der Waals surface area (Å²) in [6.45, 7) is 8.69. The Bertz CT molecular complexity index is 1000. The molecule has 1 aromatic heterocycles. The summed E-state index contributed by atoms with van der Waals surface area (Å²) >= 11 is 0. The number of aromatic nitrogens is 2. The van der Waals surface area contributed by atoms with Crippen molar-refractivity contribution in [3.8, 4) is 23.1 Å². The van der Waals surface area contributed by atoms with E-state index >= 15 is 0 Å². The predicted octanol–water partition coefficient (Wildman–Crippen LogP) is 5.02. The number of methoxy groups -OCH3 is 2. The van der Waals surface area contributed by atoms with Crippen molar-refractivity contribution in [2.24, 2.45) is 0 Å². The van der Waals surface area contributed by atoms with E-state index in [1.807, 2.05) is 59.3 Å². The zero-order valence-electron chi connectivity index (χ0n) is 20.9. The molecule has 2 aromatic carbocycles. The van der Waals surface area contributed by atoms with Gasteiger partial charge in [0.2, 0.25) is 5.88 Å². The van der Waals surface area contributed by atoms with Gasteiger partial charge in [0.1, 0.15) is 11.5 Å². The Kier molecular flexibility index (Phi) is 9.51. The summed E-state index contributed by atoms with van der Waals surface area (Å²) in [6, 6.07) is 17.5. The summed E-state index contributed by atoms with van der Waals surface area (Å²) in [5.74, 6) is 2.41. The lowest BCUT2D eigenvalue weighted by molar-refractivity contribution is 0.0356. The second-order valence-electron chi connectivity index (χ2n) is 8.69. The van der Waals surface area contributed by atoms with Gasteiger partial charge in [0.25, 0.3) is 0 Å². The Balaban J connectivity index is 2.08. The molecule has 0 bridgehead atoms. The number of hydrogen-bond acceptors (Lipinski definition) is 6. The summed E-state index contributed by atoms with van der Waals surface area (Å²) in [4.78, 5) is 2.24. The van der Waals surface area contributed by atoms with Crippen LogP contribution < -0.4 is 9.47 Å². The maximum atomic E-state index is 10.4. The molecule has 0 spiro atoms. The van der Waals surface area contributed by atoms with Crippen molar-refractivity contribution in [1.29, 1.82) is 0 Å². The number of ether oxygens (including phenoxy) is 3. The van der Waals surface area contributed by atoms with Crippen LogP contribution in [-0.4, -0.2) is 59.8 Å². The summed E-state index contributed by atoms with van der Waals surface area (Å²) in [6.07, 6.45) is 0.409. The van der Waals surface area contributed by atoms with Gasteiger partial charge in [-0.05, 0) is 55.3 Å². The molecule has 7 heteroatoms. The maximum absolute atomic E-state index is 10.4. The molecular formula is C27H37N3O4. The van der Waals surface area contributed by atoms with Crippen LogP contribution in [0.3, 0.4) is 0 Å². The van der Waals surface area contributed by atoms with Gasteiger partial charge in [0, 0.05) is 20.2 Å². The van der Waals surface area contributed by atoms with Crippen LogP contribution in [0.2, 0.25) is 0 Å². The SMILES string of the molecule is CCCN(Cc1c(C(C)C)nn(-c2ccc(OC)cc2)c1Oc1ccccc1)C[C@@H](O)COC. The molecule has 1 heterocycles. The topological polar surface area (TPSA) is 69.0 Å². The molecule has 0 fully saturated rings. The van der Waals surface area contributed by atoms with Crippen molar-refractivity contribution in [2.45, 2.75) is 45.8 Å². The highest BCUT2D eigenvalue weighted by molar-refractivity contribution is 5.46. The van der Waals surface area contributed by atoms with Gasteiger partial charge in [-0.2, -0.15) is 5.10 Å². The minimum atomic E-state index is -0.561. The fourth-order valence-electron chi connectivity index (χ4n) is 3.98. The van der Waals surface area contributed by atoms with Gasteiger partial charge < -0.3 is 19.3 Å². The van der Waals surface area contributed by atoms with Crippen molar-refractivity contribution in [3.05, 3.63) is 65.9 Å². The second kappa shape index (κ2) is 12.6. The van der Waals surface area contributed by atoms with Crippen LogP contribution in [0.4, 0.5) is 0 Å². The number of benzene rings is 2. The summed E-state index contributed by atoms with van der Waals surface area (Å²) in [5.41, 5.74) is 2.89. The van der Waals surface area contributed by atoms with E-state index in [4.69, 9.17) is 19.3 Å². The van der Waals surface area contributed by atoms with Gasteiger partial charge >= 0.3 is 0 Å². The van der Waals surface area contributed by atoms with Crippen molar-refractivity contribution >= 4 is 0 Å². The molecule has 0 aliphatic heterocycles. The van der Waals surface area contributed by atoms with E-state index in [0.717, 1.165) is 41.4 Å². The lowest BCUT2D eigenvalue weighted by atomic mass is 10.1. The molecule has 34 heavy (non-hydrogen) atoms. The molecule has 0 saturated heterocycles. The fraction of sp³-hybridized carbons (Fsp3) is 0.444. The van der Waals surface area contributed by atoms with Crippen molar-refractivity contribution in [3.63, 3.8) is 0 Å². The molecule has 0 unspecified atom stereocenters. The summed E-state index contributed by atoms with van der Waals surface area (Å²) in [7, 11) is 3.26. The third-order valence-corrected chi connectivity index (χ3v) is 5.54. The molecule has 184 valence electrons. The summed E-state index contributed by atoms with van der Waals surface area (Å²) in [5, 5.41) is 15.4. The Labute approximate surface area is 202 Å². The monoisotopic (exact) mass is 467 g/mol. The van der Waals surface area contributed by atoms with Crippen molar-refractivity contribution in [1.82, 2.24) is 14.7 Å². The van der Waals surface area contributed by atoms with Gasteiger partial charge in [-0.1, -0.05) is 39.0 Å². The highest BCUT2D eigenvalue weighted by atomic mass is 16.5. The zero-order chi connectivity index (χ0) is 24.5. The molecule has 7 nitrogen and oxygen atoms in total. The molecule has 3 aromatic rings. The third kappa shape index (κ3) is 6.59. The van der Waals surface area contributed by atoms with E-state index in [1.54, 1.807) is 14.2 Å². The first kappa shape index (κ1) is 25.7. The molecule has 0 radical (unpaired) electrons. The van der Waals surface area contributed by atoms with Crippen LogP contribution >= 0.6 is 0 Å². The van der Waals surface area contributed by atoms with Gasteiger partial charge in [-0.25, -0.2) is 4.68 Å². The van der Waals surface area contributed by atoms with Crippen molar-refractivity contribution in [2.75, 3.05) is 33.9 Å². The molecule has 1 atom stereocenters. The summed E-state index contributed by atoms with van der Waals surface area (Å²) < 4.78 is 18.8. The van der Waals surface area contributed by atoms with E-state index in [9.17, 15) is 5.11 Å². The zero-order valence-corrected chi connectivity index (χ0v) is 20.9. The lowest BCUT2D eigenvalue weighted by Crippen LogP contribution is -2.35. The minimum Gasteiger partial charge on any atom is -0.497 e.